The van der Waals surface area contributed by atoms with Crippen molar-refractivity contribution in [3.8, 4) is 28.0 Å². The standard InChI is InChI=1S/C35H35F3O2/c1-3-5-6-22-40-33-21-12-25(23-31(33)36)9-8-24-10-13-26(14-11-24)29-19-20-30(35(38)34(29)37)27-15-17-28(18-16-27)32(39)7-4-2/h3,10-21,23,32,39H,1,4-9,22H2,2H3. The number of aryl methyl sites for hydroxylation is 2. The third kappa shape index (κ3) is 7.22. The molecule has 0 aromatic heterocycles. The zero-order valence-electron chi connectivity index (χ0n) is 22.8. The molecule has 0 bridgehead atoms. The molecule has 2 nitrogen and oxygen atoms in total. The molecule has 1 atom stereocenters. The highest BCUT2D eigenvalue weighted by Crippen LogP contribution is 2.32. The van der Waals surface area contributed by atoms with Gasteiger partial charge in [-0.25, -0.2) is 13.2 Å². The van der Waals surface area contributed by atoms with E-state index in [1.165, 1.54) is 6.07 Å². The van der Waals surface area contributed by atoms with Gasteiger partial charge in [-0.1, -0.05) is 86.2 Å². The number of unbranched alkanes of at least 4 members (excludes halogenated alkanes) is 1. The average molecular weight is 545 g/mol. The molecule has 5 heteroatoms. The molecule has 208 valence electrons. The highest BCUT2D eigenvalue weighted by atomic mass is 19.2. The molecule has 0 spiro atoms. The first-order valence-electron chi connectivity index (χ1n) is 13.8. The molecular weight excluding hydrogens is 509 g/mol. The Morgan fingerprint density at radius 3 is 1.95 bits per heavy atom. The van der Waals surface area contributed by atoms with Gasteiger partial charge < -0.3 is 9.84 Å². The lowest BCUT2D eigenvalue weighted by atomic mass is 9.96. The number of benzene rings is 4. The van der Waals surface area contributed by atoms with Crippen molar-refractivity contribution in [1.29, 1.82) is 0 Å². The number of hydrogen-bond donors (Lipinski definition) is 1. The van der Waals surface area contributed by atoms with Crippen molar-refractivity contribution in [3.63, 3.8) is 0 Å². The number of ether oxygens (including phenoxy) is 1. The minimum Gasteiger partial charge on any atom is -0.491 e. The minimum atomic E-state index is -0.904. The van der Waals surface area contributed by atoms with Crippen molar-refractivity contribution in [2.45, 2.75) is 51.6 Å². The van der Waals surface area contributed by atoms with Crippen LogP contribution in [0.5, 0.6) is 5.75 Å². The van der Waals surface area contributed by atoms with E-state index in [2.05, 4.69) is 6.58 Å². The molecule has 4 aromatic carbocycles. The van der Waals surface area contributed by atoms with Crippen molar-refractivity contribution in [2.24, 2.45) is 0 Å². The summed E-state index contributed by atoms with van der Waals surface area (Å²) in [6.07, 6.45) is 5.68. The third-order valence-electron chi connectivity index (χ3n) is 7.02. The summed E-state index contributed by atoms with van der Waals surface area (Å²) in [5, 5.41) is 10.2. The van der Waals surface area contributed by atoms with E-state index in [9.17, 15) is 9.50 Å². The van der Waals surface area contributed by atoms with Gasteiger partial charge in [0.05, 0.1) is 12.7 Å². The topological polar surface area (TPSA) is 29.5 Å². The van der Waals surface area contributed by atoms with Crippen LogP contribution in [0.3, 0.4) is 0 Å². The molecule has 40 heavy (non-hydrogen) atoms. The number of aliphatic hydroxyl groups is 1. The second-order valence-electron chi connectivity index (χ2n) is 9.96. The summed E-state index contributed by atoms with van der Waals surface area (Å²) >= 11 is 0. The van der Waals surface area contributed by atoms with E-state index in [1.807, 2.05) is 31.2 Å². The Labute approximate surface area is 234 Å². The molecule has 1 N–H and O–H groups in total. The van der Waals surface area contributed by atoms with Crippen molar-refractivity contribution < 1.29 is 23.0 Å². The molecule has 4 aromatic rings. The molecule has 0 saturated heterocycles. The van der Waals surface area contributed by atoms with Crippen LogP contribution in [0.4, 0.5) is 13.2 Å². The normalized spacial score (nSPS) is 11.8. The Hall–Kier alpha value is -3.83. The Morgan fingerprint density at radius 1 is 0.800 bits per heavy atom. The zero-order valence-corrected chi connectivity index (χ0v) is 22.8. The first-order valence-corrected chi connectivity index (χ1v) is 13.8. The summed E-state index contributed by atoms with van der Waals surface area (Å²) in [6.45, 7) is 6.10. The molecular formula is C35H35F3O2. The molecule has 0 radical (unpaired) electrons. The van der Waals surface area contributed by atoms with Gasteiger partial charge >= 0.3 is 0 Å². The van der Waals surface area contributed by atoms with E-state index in [0.29, 0.717) is 37.0 Å². The number of rotatable bonds is 13. The fourth-order valence-corrected chi connectivity index (χ4v) is 4.69. The quantitative estimate of drug-likeness (QED) is 0.134. The number of halogens is 3. The van der Waals surface area contributed by atoms with Crippen LogP contribution >= 0.6 is 0 Å². The van der Waals surface area contributed by atoms with E-state index in [1.54, 1.807) is 54.6 Å². The predicted molar refractivity (Wildman–Crippen MR) is 156 cm³/mol. The second-order valence-corrected chi connectivity index (χ2v) is 9.96. The Bertz CT molecular complexity index is 1410. The van der Waals surface area contributed by atoms with E-state index in [0.717, 1.165) is 36.0 Å². The molecule has 0 aliphatic carbocycles. The molecule has 1 unspecified atom stereocenters. The predicted octanol–water partition coefficient (Wildman–Crippen LogP) is 9.40. The van der Waals surface area contributed by atoms with Crippen LogP contribution in [0.25, 0.3) is 22.3 Å². The van der Waals surface area contributed by atoms with Gasteiger partial charge in [0, 0.05) is 11.1 Å². The van der Waals surface area contributed by atoms with Gasteiger partial charge in [0.15, 0.2) is 23.2 Å². The van der Waals surface area contributed by atoms with Gasteiger partial charge in [0.25, 0.3) is 0 Å². The lowest BCUT2D eigenvalue weighted by Gasteiger charge is -2.12. The van der Waals surface area contributed by atoms with Crippen molar-refractivity contribution in [1.82, 2.24) is 0 Å². The maximum Gasteiger partial charge on any atom is 0.167 e. The lowest BCUT2D eigenvalue weighted by Crippen LogP contribution is -2.00. The highest BCUT2D eigenvalue weighted by molar-refractivity contribution is 5.72. The van der Waals surface area contributed by atoms with Crippen molar-refractivity contribution in [3.05, 3.63) is 126 Å². The second kappa shape index (κ2) is 14.0. The van der Waals surface area contributed by atoms with E-state index >= 15 is 8.78 Å². The maximum atomic E-state index is 15.1. The number of hydrogen-bond acceptors (Lipinski definition) is 2. The Morgan fingerprint density at radius 2 is 1.38 bits per heavy atom. The summed E-state index contributed by atoms with van der Waals surface area (Å²) in [5.41, 5.74) is 4.12. The summed E-state index contributed by atoms with van der Waals surface area (Å²) in [7, 11) is 0. The SMILES string of the molecule is C=CCCCOc1ccc(CCc2ccc(-c3ccc(-c4ccc(C(O)CCC)cc4)c(F)c3F)cc2)cc1F. The Kier molecular flexibility index (Phi) is 10.2. The highest BCUT2D eigenvalue weighted by Gasteiger charge is 2.17. The number of allylic oxidation sites excluding steroid dienone is 1. The third-order valence-corrected chi connectivity index (χ3v) is 7.02. The van der Waals surface area contributed by atoms with Gasteiger partial charge in [-0.3, -0.25) is 0 Å². The summed E-state index contributed by atoms with van der Waals surface area (Å²) in [5.74, 6) is -1.93. The van der Waals surface area contributed by atoms with E-state index < -0.39 is 17.7 Å². The monoisotopic (exact) mass is 544 g/mol. The van der Waals surface area contributed by atoms with Gasteiger partial charge in [-0.2, -0.15) is 0 Å². The average Bonchev–Trinajstić information content (AvgIpc) is 2.97. The van der Waals surface area contributed by atoms with Crippen LogP contribution in [0.1, 0.15) is 55.4 Å². The van der Waals surface area contributed by atoms with Gasteiger partial charge in [-0.15, -0.1) is 6.58 Å². The van der Waals surface area contributed by atoms with Gasteiger partial charge in [0.2, 0.25) is 0 Å². The molecule has 0 heterocycles. The summed E-state index contributed by atoms with van der Waals surface area (Å²) < 4.78 is 50.1. The van der Waals surface area contributed by atoms with Crippen molar-refractivity contribution in [2.75, 3.05) is 6.61 Å². The van der Waals surface area contributed by atoms with Crippen LogP contribution in [0.2, 0.25) is 0 Å². The maximum absolute atomic E-state index is 15.1. The van der Waals surface area contributed by atoms with Crippen LogP contribution in [-0.2, 0) is 12.8 Å². The van der Waals surface area contributed by atoms with Gasteiger partial charge in [-0.05, 0) is 72.1 Å². The van der Waals surface area contributed by atoms with Gasteiger partial charge in [0.1, 0.15) is 0 Å². The molecule has 0 fully saturated rings. The fourth-order valence-electron chi connectivity index (χ4n) is 4.69. The Balaban J connectivity index is 1.40. The minimum absolute atomic E-state index is 0.176. The molecule has 0 saturated carbocycles. The molecule has 4 rings (SSSR count). The van der Waals surface area contributed by atoms with E-state index in [-0.39, 0.29) is 22.7 Å². The first-order chi connectivity index (χ1) is 19.4. The largest absolute Gasteiger partial charge is 0.491 e. The molecule has 0 aliphatic rings. The fraction of sp³-hybridized carbons (Fsp3) is 0.257. The zero-order chi connectivity index (χ0) is 28.5. The smallest absolute Gasteiger partial charge is 0.167 e. The molecule has 0 amide bonds. The number of aliphatic hydroxyl groups excluding tert-OH is 1. The first kappa shape index (κ1) is 29.2. The van der Waals surface area contributed by atoms with Crippen molar-refractivity contribution >= 4 is 0 Å². The lowest BCUT2D eigenvalue weighted by molar-refractivity contribution is 0.166. The summed E-state index contributed by atoms with van der Waals surface area (Å²) in [6, 6.07) is 22.4. The van der Waals surface area contributed by atoms with Crippen LogP contribution in [0.15, 0.2) is 91.5 Å². The van der Waals surface area contributed by atoms with Crippen LogP contribution in [0, 0.1) is 17.5 Å². The molecule has 0 aliphatic heterocycles. The summed E-state index contributed by atoms with van der Waals surface area (Å²) in [4.78, 5) is 0. The van der Waals surface area contributed by atoms with Crippen LogP contribution < -0.4 is 4.74 Å². The van der Waals surface area contributed by atoms with E-state index in [4.69, 9.17) is 4.74 Å². The van der Waals surface area contributed by atoms with Crippen LogP contribution in [-0.4, -0.2) is 11.7 Å².